The molecule has 0 aromatic carbocycles. The lowest BCUT2D eigenvalue weighted by atomic mass is 10.5. The minimum absolute atomic E-state index is 0.296. The van der Waals surface area contributed by atoms with Gasteiger partial charge >= 0.3 is 0 Å². The first-order chi connectivity index (χ1) is 4.63. The summed E-state index contributed by atoms with van der Waals surface area (Å²) in [6.45, 7) is 2.26. The zero-order chi connectivity index (χ0) is 7.72. The Labute approximate surface area is 72.6 Å². The average molecular weight is 176 g/mol. The minimum atomic E-state index is 0.296. The molecule has 0 saturated carbocycles. The zero-order valence-electron chi connectivity index (χ0n) is 6.26. The van der Waals surface area contributed by atoms with Crippen molar-refractivity contribution in [2.75, 3.05) is 27.2 Å². The summed E-state index contributed by atoms with van der Waals surface area (Å²) in [5.41, 5.74) is 0. The van der Waals surface area contributed by atoms with Crippen LogP contribution in [0.4, 0.5) is 0 Å². The van der Waals surface area contributed by atoms with E-state index in [4.69, 9.17) is 24.8 Å². The lowest BCUT2D eigenvalue weighted by Gasteiger charge is -2.24. The number of thiocarbonyl (C=S) groups is 1. The Morgan fingerprint density at radius 3 is 2.60 bits per heavy atom. The molecule has 1 N–H and O–H groups in total. The van der Waals surface area contributed by atoms with Crippen LogP contribution in [-0.2, 0) is 12.6 Å². The van der Waals surface area contributed by atoms with E-state index in [0.29, 0.717) is 10.4 Å². The predicted octanol–water partition coefficient (Wildman–Crippen LogP) is -1.35. The van der Waals surface area contributed by atoms with Crippen LogP contribution in [0.5, 0.6) is 0 Å². The third kappa shape index (κ3) is 1.45. The van der Waals surface area contributed by atoms with Crippen molar-refractivity contribution in [1.29, 1.82) is 0 Å². The number of quaternary nitrogens is 1. The first kappa shape index (κ1) is 8.33. The van der Waals surface area contributed by atoms with Gasteiger partial charge in [-0.15, -0.1) is 0 Å². The van der Waals surface area contributed by atoms with E-state index in [1.54, 1.807) is 0 Å². The summed E-state index contributed by atoms with van der Waals surface area (Å²) in [7, 11) is 4.20. The molecule has 0 amide bonds. The number of nitrogens with one attached hydrogen (secondary N) is 1. The fourth-order valence-electron chi connectivity index (χ4n) is 1.38. The molecule has 2 unspecified atom stereocenters. The summed E-state index contributed by atoms with van der Waals surface area (Å²) in [6, 6.07) is 0. The molecule has 4 heteroatoms. The minimum Gasteiger partial charge on any atom is -0.426 e. The Hall–Kier alpha value is 0.230. The van der Waals surface area contributed by atoms with E-state index >= 15 is 0 Å². The second-order valence-electron chi connectivity index (χ2n) is 2.80. The van der Waals surface area contributed by atoms with E-state index in [1.165, 1.54) is 4.90 Å². The maximum absolute atomic E-state index is 4.96. The maximum Gasteiger partial charge on any atom is 0.151 e. The number of hydrogen-bond acceptors (Lipinski definition) is 3. The average Bonchev–Trinajstić information content (AvgIpc) is 2.11. The smallest absolute Gasteiger partial charge is 0.151 e. The molecule has 1 fully saturated rings. The zero-order valence-corrected chi connectivity index (χ0v) is 7.89. The lowest BCUT2D eigenvalue weighted by Crippen LogP contribution is -3.12. The summed E-state index contributed by atoms with van der Waals surface area (Å²) in [6.07, 6.45) is 0.296. The Balaban J connectivity index is 2.63. The quantitative estimate of drug-likeness (QED) is 0.390. The van der Waals surface area contributed by atoms with Crippen LogP contribution >= 0.6 is 12.2 Å². The van der Waals surface area contributed by atoms with Gasteiger partial charge in [0.05, 0.1) is 20.1 Å². The van der Waals surface area contributed by atoms with E-state index in [0.717, 1.165) is 13.1 Å². The van der Waals surface area contributed by atoms with Crippen molar-refractivity contribution in [3.63, 3.8) is 0 Å². The highest BCUT2D eigenvalue weighted by atomic mass is 32.1. The van der Waals surface area contributed by atoms with Crippen molar-refractivity contribution < 1.29 is 4.90 Å². The molecule has 2 atom stereocenters. The van der Waals surface area contributed by atoms with E-state index in [-0.39, 0.29) is 0 Å². The van der Waals surface area contributed by atoms with E-state index < -0.39 is 0 Å². The Morgan fingerprint density at radius 2 is 2.40 bits per heavy atom. The molecule has 0 aromatic rings. The molecule has 1 aliphatic rings. The van der Waals surface area contributed by atoms with Crippen LogP contribution < -0.4 is 4.90 Å². The Bertz CT molecular complexity index is 139. The summed E-state index contributed by atoms with van der Waals surface area (Å²) < 4.78 is 0.692. The molecule has 0 radical (unpaired) electrons. The van der Waals surface area contributed by atoms with Gasteiger partial charge in [0, 0.05) is 0 Å². The molecule has 1 rings (SSSR count). The predicted molar refractivity (Wildman–Crippen MR) is 48.1 cm³/mol. The largest absolute Gasteiger partial charge is 0.426 e. The molecule has 10 heavy (non-hydrogen) atoms. The maximum atomic E-state index is 4.96. The topological polar surface area (TPSA) is 7.68 Å². The highest BCUT2D eigenvalue weighted by molar-refractivity contribution is 8.00. The monoisotopic (exact) mass is 176 g/mol. The van der Waals surface area contributed by atoms with Gasteiger partial charge in [-0.3, -0.25) is 0 Å². The molecule has 1 aliphatic heterocycles. The number of nitrogens with zero attached hydrogens (tertiary/aromatic N) is 1. The Kier molecular flexibility index (Phi) is 2.57. The molecule has 1 heterocycles. The van der Waals surface area contributed by atoms with Crippen molar-refractivity contribution in [2.24, 2.45) is 0 Å². The third-order valence-electron chi connectivity index (χ3n) is 1.99. The fraction of sp³-hybridized carbons (Fsp3) is 0.833. The molecule has 0 aliphatic carbocycles. The second kappa shape index (κ2) is 3.09. The van der Waals surface area contributed by atoms with Crippen LogP contribution in [0.3, 0.4) is 0 Å². The van der Waals surface area contributed by atoms with Gasteiger partial charge in [0.1, 0.15) is 0 Å². The fourth-order valence-corrected chi connectivity index (χ4v) is 2.14. The van der Waals surface area contributed by atoms with Gasteiger partial charge in [-0.1, -0.05) is 4.20 Å². The van der Waals surface area contributed by atoms with E-state index in [2.05, 4.69) is 19.0 Å². The molecule has 1 saturated heterocycles. The van der Waals surface area contributed by atoms with Crippen molar-refractivity contribution in [2.45, 2.75) is 6.17 Å². The summed E-state index contributed by atoms with van der Waals surface area (Å²) in [4.78, 5) is 3.63. The summed E-state index contributed by atoms with van der Waals surface area (Å²) >= 11 is 9.92. The van der Waals surface area contributed by atoms with Gasteiger partial charge in [-0.2, -0.15) is 0 Å². The van der Waals surface area contributed by atoms with Crippen LogP contribution in [-0.4, -0.2) is 42.4 Å². The third-order valence-corrected chi connectivity index (χ3v) is 2.44. The van der Waals surface area contributed by atoms with Gasteiger partial charge in [-0.25, -0.2) is 4.90 Å². The molecule has 0 bridgehead atoms. The molecule has 0 aromatic heterocycles. The van der Waals surface area contributed by atoms with Crippen LogP contribution in [0.2, 0.25) is 0 Å². The van der Waals surface area contributed by atoms with Crippen molar-refractivity contribution in [3.05, 3.63) is 0 Å². The lowest BCUT2D eigenvalue weighted by molar-refractivity contribution is -0.885. The molecular formula is C6H12N2S2. The van der Waals surface area contributed by atoms with Gasteiger partial charge in [0.25, 0.3) is 0 Å². The van der Waals surface area contributed by atoms with E-state index in [9.17, 15) is 0 Å². The van der Waals surface area contributed by atoms with Crippen LogP contribution in [0.1, 0.15) is 0 Å². The highest BCUT2D eigenvalue weighted by Gasteiger charge is 2.28. The van der Waals surface area contributed by atoms with Crippen LogP contribution in [0.25, 0.3) is 0 Å². The standard InChI is InChI=1S/C6H12N2S2/c1-7-3-4-8(2)5(7)6(9)10/h5H,3-4H2,1-2H3,(H,9,10). The van der Waals surface area contributed by atoms with Gasteiger partial charge in [0.15, 0.2) is 6.17 Å². The first-order valence-electron chi connectivity index (χ1n) is 3.36. The highest BCUT2D eigenvalue weighted by Crippen LogP contribution is 1.95. The van der Waals surface area contributed by atoms with Gasteiger partial charge in [-0.05, 0) is 7.05 Å². The normalized spacial score (nSPS) is 34.6. The number of hydrogen-bond donors (Lipinski definition) is 1. The molecule has 0 spiro atoms. The van der Waals surface area contributed by atoms with Gasteiger partial charge < -0.3 is 29.7 Å². The van der Waals surface area contributed by atoms with Crippen molar-refractivity contribution >= 4 is 29.0 Å². The summed E-state index contributed by atoms with van der Waals surface area (Å²) in [5.74, 6) is 0. The van der Waals surface area contributed by atoms with Crippen molar-refractivity contribution in [1.82, 2.24) is 4.90 Å². The van der Waals surface area contributed by atoms with Crippen LogP contribution in [0, 0.1) is 0 Å². The van der Waals surface area contributed by atoms with Gasteiger partial charge in [0.2, 0.25) is 0 Å². The van der Waals surface area contributed by atoms with Crippen molar-refractivity contribution in [3.8, 4) is 0 Å². The SMILES string of the molecule is CN1CC[NH+](C)C1C(=S)[S-]. The summed E-state index contributed by atoms with van der Waals surface area (Å²) in [5, 5.41) is 0. The molecule has 58 valence electrons. The number of rotatable bonds is 1. The Morgan fingerprint density at radius 1 is 1.80 bits per heavy atom. The van der Waals surface area contributed by atoms with Crippen LogP contribution in [0.15, 0.2) is 0 Å². The first-order valence-corrected chi connectivity index (χ1v) is 4.18. The van der Waals surface area contributed by atoms with E-state index in [1.807, 2.05) is 0 Å². The molecule has 2 nitrogen and oxygen atoms in total. The molecular weight excluding hydrogens is 164 g/mol. The second-order valence-corrected chi connectivity index (χ2v) is 3.94. The number of likely N-dealkylation sites (N-methyl/N-ethyl adjacent to an activating group) is 2.